The molecule has 2 heterocycles. The fraction of sp³-hybridized carbons (Fsp3) is 0. The van der Waals surface area contributed by atoms with Crippen LogP contribution >= 0.6 is 0 Å². The zero-order valence-electron chi connectivity index (χ0n) is 24.3. The molecule has 9 aromatic rings. The number of hydrogen-bond donors (Lipinski definition) is 0. The minimum absolute atomic E-state index is 0.636. The number of benzene rings is 7. The smallest absolute Gasteiger partial charge is 0.0992 e. The molecule has 0 radical (unpaired) electrons. The first kappa shape index (κ1) is 25.3. The molecule has 0 spiro atoms. The normalized spacial score (nSPS) is 11.5. The maximum absolute atomic E-state index is 9.72. The number of rotatable bonds is 3. The van der Waals surface area contributed by atoms with Gasteiger partial charge in [-0.3, -0.25) is 4.98 Å². The summed E-state index contributed by atoms with van der Waals surface area (Å²) in [5.74, 6) is 0. The Morgan fingerprint density at radius 2 is 1.13 bits per heavy atom. The lowest BCUT2D eigenvalue weighted by molar-refractivity contribution is 1.14. The highest BCUT2D eigenvalue weighted by Gasteiger charge is 2.20. The molecular formula is C42H25N3. The molecule has 3 heteroatoms. The van der Waals surface area contributed by atoms with Gasteiger partial charge in [-0.25, -0.2) is 0 Å². The maximum atomic E-state index is 9.72. The van der Waals surface area contributed by atoms with Gasteiger partial charge in [-0.1, -0.05) is 109 Å². The Morgan fingerprint density at radius 3 is 1.82 bits per heavy atom. The lowest BCUT2D eigenvalue weighted by Gasteiger charge is -2.19. The first-order chi connectivity index (χ1) is 22.3. The summed E-state index contributed by atoms with van der Waals surface area (Å²) in [5, 5.41) is 19.4. The molecule has 2 aromatic heterocycles. The van der Waals surface area contributed by atoms with Gasteiger partial charge in [-0.15, -0.1) is 0 Å². The van der Waals surface area contributed by atoms with Crippen LogP contribution in [0, 0.1) is 11.3 Å². The van der Waals surface area contributed by atoms with Crippen molar-refractivity contribution in [2.75, 3.05) is 0 Å². The molecule has 7 aromatic carbocycles. The third kappa shape index (κ3) is 3.80. The summed E-state index contributed by atoms with van der Waals surface area (Å²) in [4.78, 5) is 4.43. The summed E-state index contributed by atoms with van der Waals surface area (Å²) < 4.78 is 2.23. The molecule has 0 saturated carbocycles. The summed E-state index contributed by atoms with van der Waals surface area (Å²) in [6.45, 7) is 0. The van der Waals surface area contributed by atoms with Crippen molar-refractivity contribution in [2.24, 2.45) is 0 Å². The van der Waals surface area contributed by atoms with E-state index in [1.54, 1.807) is 6.20 Å². The highest BCUT2D eigenvalue weighted by atomic mass is 15.0. The van der Waals surface area contributed by atoms with E-state index in [0.717, 1.165) is 33.1 Å². The fourth-order valence-corrected chi connectivity index (χ4v) is 7.18. The molecule has 208 valence electrons. The van der Waals surface area contributed by atoms with E-state index in [1.165, 1.54) is 49.0 Å². The number of aromatic nitrogens is 2. The lowest BCUT2D eigenvalue weighted by atomic mass is 9.84. The van der Waals surface area contributed by atoms with Gasteiger partial charge < -0.3 is 4.57 Å². The lowest BCUT2D eigenvalue weighted by Crippen LogP contribution is -1.95. The third-order valence-corrected chi connectivity index (χ3v) is 9.08. The van der Waals surface area contributed by atoms with Gasteiger partial charge in [0.2, 0.25) is 0 Å². The van der Waals surface area contributed by atoms with Gasteiger partial charge >= 0.3 is 0 Å². The molecule has 0 atom stereocenters. The predicted molar refractivity (Wildman–Crippen MR) is 187 cm³/mol. The van der Waals surface area contributed by atoms with E-state index >= 15 is 0 Å². The van der Waals surface area contributed by atoms with Crippen LogP contribution in [-0.4, -0.2) is 9.55 Å². The van der Waals surface area contributed by atoms with Crippen LogP contribution in [0.25, 0.3) is 82.1 Å². The number of nitriles is 1. The van der Waals surface area contributed by atoms with Gasteiger partial charge in [0, 0.05) is 17.0 Å². The van der Waals surface area contributed by atoms with Gasteiger partial charge in [-0.2, -0.15) is 5.26 Å². The van der Waals surface area contributed by atoms with Crippen molar-refractivity contribution in [3.63, 3.8) is 0 Å². The van der Waals surface area contributed by atoms with Gasteiger partial charge in [0.15, 0.2) is 0 Å². The van der Waals surface area contributed by atoms with Gasteiger partial charge in [0.25, 0.3) is 0 Å². The average Bonchev–Trinajstić information content (AvgIpc) is 3.43. The van der Waals surface area contributed by atoms with Crippen LogP contribution in [0.4, 0.5) is 0 Å². The number of nitrogens with zero attached hydrogens (tertiary/aromatic N) is 3. The predicted octanol–water partition coefficient (Wildman–Crippen LogP) is 10.8. The van der Waals surface area contributed by atoms with E-state index < -0.39 is 0 Å². The van der Waals surface area contributed by atoms with E-state index in [-0.39, 0.29) is 0 Å². The first-order valence-corrected chi connectivity index (χ1v) is 15.1. The summed E-state index contributed by atoms with van der Waals surface area (Å²) in [6.07, 6.45) is 3.67. The molecule has 0 saturated heterocycles. The summed E-state index contributed by atoms with van der Waals surface area (Å²) >= 11 is 0. The van der Waals surface area contributed by atoms with Crippen molar-refractivity contribution < 1.29 is 0 Å². The summed E-state index contributed by atoms with van der Waals surface area (Å²) in [6, 6.07) is 51.9. The molecule has 9 rings (SSSR count). The maximum Gasteiger partial charge on any atom is 0.0992 e. The quantitative estimate of drug-likeness (QED) is 0.198. The van der Waals surface area contributed by atoms with Crippen LogP contribution in [0.2, 0.25) is 0 Å². The summed E-state index contributed by atoms with van der Waals surface area (Å²) in [5.41, 5.74) is 8.54. The van der Waals surface area contributed by atoms with Crippen molar-refractivity contribution in [2.45, 2.75) is 0 Å². The first-order valence-electron chi connectivity index (χ1n) is 15.1. The molecule has 3 nitrogen and oxygen atoms in total. The van der Waals surface area contributed by atoms with Crippen molar-refractivity contribution in [1.29, 1.82) is 5.26 Å². The Kier molecular flexibility index (Phi) is 5.57. The third-order valence-electron chi connectivity index (χ3n) is 9.08. The molecule has 0 aliphatic carbocycles. The van der Waals surface area contributed by atoms with Crippen molar-refractivity contribution in [3.8, 4) is 34.0 Å². The minimum Gasteiger partial charge on any atom is -0.308 e. The van der Waals surface area contributed by atoms with Crippen LogP contribution in [0.1, 0.15) is 5.56 Å². The molecule has 0 amide bonds. The van der Waals surface area contributed by atoms with Crippen LogP contribution in [-0.2, 0) is 0 Å². The molecular weight excluding hydrogens is 546 g/mol. The highest BCUT2D eigenvalue weighted by molar-refractivity contribution is 6.24. The Morgan fingerprint density at radius 1 is 0.511 bits per heavy atom. The molecule has 45 heavy (non-hydrogen) atoms. The topological polar surface area (TPSA) is 41.6 Å². The van der Waals surface area contributed by atoms with Crippen LogP contribution < -0.4 is 0 Å². The van der Waals surface area contributed by atoms with E-state index in [2.05, 4.69) is 137 Å². The second kappa shape index (κ2) is 9.91. The van der Waals surface area contributed by atoms with Gasteiger partial charge in [-0.05, 0) is 84.9 Å². The number of pyridine rings is 1. The molecule has 0 bridgehead atoms. The summed E-state index contributed by atoms with van der Waals surface area (Å²) in [7, 11) is 0. The van der Waals surface area contributed by atoms with Gasteiger partial charge in [0.05, 0.1) is 34.6 Å². The molecule has 0 fully saturated rings. The SMILES string of the molecule is N#Cc1ccc2c3ccc(-c4c5ccccc5c(-c5cccc6ccccc56)c5ccccc45)cc3n(-c3cccnc3)c2c1. The molecule has 0 N–H and O–H groups in total. The van der Waals surface area contributed by atoms with Crippen LogP contribution in [0.5, 0.6) is 0 Å². The zero-order valence-corrected chi connectivity index (χ0v) is 24.3. The van der Waals surface area contributed by atoms with Gasteiger partial charge in [0.1, 0.15) is 0 Å². The van der Waals surface area contributed by atoms with Crippen molar-refractivity contribution >= 4 is 54.1 Å². The largest absolute Gasteiger partial charge is 0.308 e. The Balaban J connectivity index is 1.40. The second-order valence-electron chi connectivity index (χ2n) is 11.5. The molecule has 0 unspecified atom stereocenters. The second-order valence-corrected chi connectivity index (χ2v) is 11.5. The van der Waals surface area contributed by atoms with E-state index in [9.17, 15) is 5.26 Å². The minimum atomic E-state index is 0.636. The molecule has 0 aliphatic rings. The van der Waals surface area contributed by atoms with E-state index in [1.807, 2.05) is 24.4 Å². The van der Waals surface area contributed by atoms with Crippen molar-refractivity contribution in [1.82, 2.24) is 9.55 Å². The Hall–Kier alpha value is -6.24. The zero-order chi connectivity index (χ0) is 29.9. The highest BCUT2D eigenvalue weighted by Crippen LogP contribution is 2.46. The van der Waals surface area contributed by atoms with E-state index in [4.69, 9.17) is 0 Å². The van der Waals surface area contributed by atoms with Crippen LogP contribution in [0.15, 0.2) is 152 Å². The van der Waals surface area contributed by atoms with Crippen molar-refractivity contribution in [3.05, 3.63) is 157 Å². The average molecular weight is 572 g/mol. The fourth-order valence-electron chi connectivity index (χ4n) is 7.18. The number of hydrogen-bond acceptors (Lipinski definition) is 2. The van der Waals surface area contributed by atoms with E-state index in [0.29, 0.717) is 5.56 Å². The Labute approximate surface area is 259 Å². The molecule has 0 aliphatic heterocycles. The monoisotopic (exact) mass is 571 g/mol. The number of fused-ring (bicyclic) bond motifs is 6. The Bertz CT molecular complexity index is 2600. The standard InChI is InChI=1S/C42H25N3/c43-25-27-18-20-32-33-21-19-29(24-40(33)45(39(32)23-27)30-11-8-22-44-26-30)41-35-13-3-5-15-37(35)42(38-16-6-4-14-36(38)41)34-17-7-10-28-9-1-2-12-31(28)34/h1-24,26H. The van der Waals surface area contributed by atoms with Crippen LogP contribution in [0.3, 0.4) is 0 Å².